The van der Waals surface area contributed by atoms with Crippen molar-refractivity contribution in [3.8, 4) is 0 Å². The SMILES string of the molecule is C.CC(C)C(=O)N1CCN(C(=O)C(C)C)CCN(C(=O)C(C)C)CC1. The van der Waals surface area contributed by atoms with Crippen LogP contribution in [0, 0.1) is 17.8 Å². The molecule has 0 aromatic rings. The predicted molar refractivity (Wildman–Crippen MR) is 101 cm³/mol. The molecule has 6 nitrogen and oxygen atoms in total. The van der Waals surface area contributed by atoms with E-state index < -0.39 is 0 Å². The number of hydrogen-bond acceptors (Lipinski definition) is 3. The first-order chi connectivity index (χ1) is 11.1. The molecule has 0 saturated carbocycles. The van der Waals surface area contributed by atoms with E-state index in [1.165, 1.54) is 0 Å². The van der Waals surface area contributed by atoms with E-state index >= 15 is 0 Å². The maximum absolute atomic E-state index is 12.4. The summed E-state index contributed by atoms with van der Waals surface area (Å²) in [5, 5.41) is 0. The molecule has 25 heavy (non-hydrogen) atoms. The summed E-state index contributed by atoms with van der Waals surface area (Å²) in [6.07, 6.45) is 0. The third kappa shape index (κ3) is 6.67. The van der Waals surface area contributed by atoms with Gasteiger partial charge in [-0.25, -0.2) is 0 Å². The van der Waals surface area contributed by atoms with E-state index in [0.717, 1.165) is 0 Å². The molecule has 0 radical (unpaired) electrons. The Kier molecular flexibility index (Phi) is 9.75. The lowest BCUT2D eigenvalue weighted by molar-refractivity contribution is -0.138. The molecule has 0 N–H and O–H groups in total. The minimum absolute atomic E-state index is 0. The van der Waals surface area contributed by atoms with Crippen molar-refractivity contribution < 1.29 is 14.4 Å². The molecule has 3 amide bonds. The van der Waals surface area contributed by atoms with Gasteiger partial charge in [0.05, 0.1) is 0 Å². The summed E-state index contributed by atoms with van der Waals surface area (Å²) in [5.41, 5.74) is 0. The lowest BCUT2D eigenvalue weighted by Gasteiger charge is -2.28. The quantitative estimate of drug-likeness (QED) is 0.779. The standard InChI is InChI=1S/C18H33N3O3.CH4/c1-13(2)16(22)19-7-9-20(17(23)14(3)4)11-12-21(10-8-19)18(24)15(5)6;/h13-15H,7-12H2,1-6H3;1H4. The number of carbonyl (C=O) groups excluding carboxylic acids is 3. The van der Waals surface area contributed by atoms with Crippen LogP contribution in [0.1, 0.15) is 49.0 Å². The number of carbonyl (C=O) groups is 3. The van der Waals surface area contributed by atoms with E-state index in [1.807, 2.05) is 41.5 Å². The van der Waals surface area contributed by atoms with Crippen molar-refractivity contribution in [2.75, 3.05) is 39.3 Å². The Hall–Kier alpha value is -1.59. The predicted octanol–water partition coefficient (Wildman–Crippen LogP) is 2.09. The van der Waals surface area contributed by atoms with Crippen molar-refractivity contribution >= 4 is 17.7 Å². The molecule has 6 heteroatoms. The van der Waals surface area contributed by atoms with Crippen LogP contribution in [0.25, 0.3) is 0 Å². The second-order valence-electron chi connectivity index (χ2n) is 7.44. The van der Waals surface area contributed by atoms with Gasteiger partial charge < -0.3 is 14.7 Å². The lowest BCUT2D eigenvalue weighted by atomic mass is 10.1. The van der Waals surface area contributed by atoms with E-state index in [4.69, 9.17) is 0 Å². The van der Waals surface area contributed by atoms with Gasteiger partial charge in [0, 0.05) is 57.0 Å². The molecule has 1 saturated heterocycles. The second-order valence-corrected chi connectivity index (χ2v) is 7.44. The highest BCUT2D eigenvalue weighted by atomic mass is 16.2. The van der Waals surface area contributed by atoms with Crippen LogP contribution in [0.15, 0.2) is 0 Å². The number of hydrogen-bond donors (Lipinski definition) is 0. The van der Waals surface area contributed by atoms with Gasteiger partial charge in [-0.3, -0.25) is 14.4 Å². The second kappa shape index (κ2) is 10.4. The van der Waals surface area contributed by atoms with E-state index in [1.54, 1.807) is 14.7 Å². The Labute approximate surface area is 153 Å². The average molecular weight is 356 g/mol. The van der Waals surface area contributed by atoms with Crippen molar-refractivity contribution in [1.82, 2.24) is 14.7 Å². The summed E-state index contributed by atoms with van der Waals surface area (Å²) in [5.74, 6) is -0.0415. The zero-order chi connectivity index (χ0) is 18.4. The molecule has 1 heterocycles. The maximum atomic E-state index is 12.4. The Morgan fingerprint density at radius 3 is 0.800 bits per heavy atom. The van der Waals surface area contributed by atoms with E-state index in [0.29, 0.717) is 39.3 Å². The third-order valence-corrected chi connectivity index (χ3v) is 4.34. The molecule has 0 aliphatic carbocycles. The molecule has 0 spiro atoms. The van der Waals surface area contributed by atoms with Crippen molar-refractivity contribution in [2.24, 2.45) is 17.8 Å². The molecule has 0 atom stereocenters. The van der Waals surface area contributed by atoms with Crippen molar-refractivity contribution in [1.29, 1.82) is 0 Å². The van der Waals surface area contributed by atoms with Crippen LogP contribution in [-0.4, -0.2) is 71.7 Å². The topological polar surface area (TPSA) is 60.9 Å². The van der Waals surface area contributed by atoms with Gasteiger partial charge >= 0.3 is 0 Å². The van der Waals surface area contributed by atoms with Crippen LogP contribution in [-0.2, 0) is 14.4 Å². The molecule has 1 aliphatic heterocycles. The molecule has 1 aliphatic rings. The van der Waals surface area contributed by atoms with E-state index in [9.17, 15) is 14.4 Å². The Balaban J connectivity index is 0.00000576. The Morgan fingerprint density at radius 1 is 0.520 bits per heavy atom. The normalized spacial score (nSPS) is 16.4. The zero-order valence-corrected chi connectivity index (χ0v) is 16.0. The summed E-state index contributed by atoms with van der Waals surface area (Å²) in [4.78, 5) is 42.6. The monoisotopic (exact) mass is 355 g/mol. The maximum Gasteiger partial charge on any atom is 0.225 e. The summed E-state index contributed by atoms with van der Waals surface area (Å²) in [6, 6.07) is 0. The van der Waals surface area contributed by atoms with Gasteiger partial charge in [0.2, 0.25) is 17.7 Å². The number of nitrogens with zero attached hydrogens (tertiary/aromatic N) is 3. The molecular formula is C19H37N3O3. The molecule has 0 aromatic heterocycles. The highest BCUT2D eigenvalue weighted by molar-refractivity contribution is 5.80. The van der Waals surface area contributed by atoms with Gasteiger partial charge in [0.25, 0.3) is 0 Å². The molecule has 0 bridgehead atoms. The first-order valence-corrected chi connectivity index (χ1v) is 9.01. The van der Waals surface area contributed by atoms with Gasteiger partial charge in [-0.1, -0.05) is 49.0 Å². The zero-order valence-electron chi connectivity index (χ0n) is 16.0. The van der Waals surface area contributed by atoms with Crippen LogP contribution in [0.3, 0.4) is 0 Å². The highest BCUT2D eigenvalue weighted by Crippen LogP contribution is 2.10. The van der Waals surface area contributed by atoms with Crippen LogP contribution in [0.5, 0.6) is 0 Å². The number of amides is 3. The minimum Gasteiger partial charge on any atom is -0.339 e. The Bertz CT molecular complexity index is 382. The van der Waals surface area contributed by atoms with E-state index in [-0.39, 0.29) is 42.9 Å². The number of rotatable bonds is 3. The van der Waals surface area contributed by atoms with Gasteiger partial charge in [0.15, 0.2) is 0 Å². The van der Waals surface area contributed by atoms with Crippen LogP contribution in [0.2, 0.25) is 0 Å². The minimum atomic E-state index is -0.0887. The van der Waals surface area contributed by atoms with Crippen molar-refractivity contribution in [3.63, 3.8) is 0 Å². The molecular weight excluding hydrogens is 318 g/mol. The summed E-state index contributed by atoms with van der Waals surface area (Å²) in [7, 11) is 0. The fraction of sp³-hybridized carbons (Fsp3) is 0.842. The fourth-order valence-corrected chi connectivity index (χ4v) is 2.82. The van der Waals surface area contributed by atoms with Crippen LogP contribution < -0.4 is 0 Å². The van der Waals surface area contributed by atoms with Gasteiger partial charge in [-0.05, 0) is 0 Å². The van der Waals surface area contributed by atoms with Gasteiger partial charge in [0.1, 0.15) is 0 Å². The Morgan fingerprint density at radius 2 is 0.680 bits per heavy atom. The first kappa shape index (κ1) is 23.4. The van der Waals surface area contributed by atoms with Gasteiger partial charge in [-0.15, -0.1) is 0 Å². The lowest BCUT2D eigenvalue weighted by Crippen LogP contribution is -2.44. The van der Waals surface area contributed by atoms with E-state index in [2.05, 4.69) is 0 Å². The average Bonchev–Trinajstić information content (AvgIpc) is 2.62. The summed E-state index contributed by atoms with van der Waals surface area (Å²) in [6.45, 7) is 14.4. The molecule has 146 valence electrons. The summed E-state index contributed by atoms with van der Waals surface area (Å²) < 4.78 is 0. The third-order valence-electron chi connectivity index (χ3n) is 4.34. The van der Waals surface area contributed by atoms with Crippen LogP contribution >= 0.6 is 0 Å². The smallest absolute Gasteiger partial charge is 0.225 e. The largest absolute Gasteiger partial charge is 0.339 e. The van der Waals surface area contributed by atoms with Crippen LogP contribution in [0.4, 0.5) is 0 Å². The van der Waals surface area contributed by atoms with Gasteiger partial charge in [-0.2, -0.15) is 0 Å². The van der Waals surface area contributed by atoms with Crippen molar-refractivity contribution in [2.45, 2.75) is 49.0 Å². The van der Waals surface area contributed by atoms with Crippen molar-refractivity contribution in [3.05, 3.63) is 0 Å². The molecule has 1 fully saturated rings. The molecule has 0 aromatic carbocycles. The highest BCUT2D eigenvalue weighted by Gasteiger charge is 2.26. The molecule has 1 rings (SSSR count). The first-order valence-electron chi connectivity index (χ1n) is 9.01. The fourth-order valence-electron chi connectivity index (χ4n) is 2.82. The molecule has 0 unspecified atom stereocenters. The summed E-state index contributed by atoms with van der Waals surface area (Å²) >= 11 is 0.